The number of aryl methyl sites for hydroxylation is 1. The highest BCUT2D eigenvalue weighted by atomic mass is 79.9. The summed E-state index contributed by atoms with van der Waals surface area (Å²) in [5.41, 5.74) is 2.37. The van der Waals surface area contributed by atoms with E-state index in [1.807, 2.05) is 33.2 Å². The standard InChI is InChI=1S/C9H11BrClN.C3H8.C2H4O/c1-6-4-8(11)7(10)5-9(6)12(2)3;1-3-2;1-2-3/h4-5H,1-3H3;3H2,1-2H3;2H,1H3. The van der Waals surface area contributed by atoms with Crippen LogP contribution in [0.1, 0.15) is 32.8 Å². The zero-order valence-corrected chi connectivity index (χ0v) is 14.4. The Morgan fingerprint density at radius 2 is 1.72 bits per heavy atom. The first-order chi connectivity index (χ1) is 8.35. The molecule has 0 aliphatic carbocycles. The number of carbonyl (C=O) groups is 1. The van der Waals surface area contributed by atoms with Crippen molar-refractivity contribution in [1.29, 1.82) is 0 Å². The van der Waals surface area contributed by atoms with E-state index in [9.17, 15) is 0 Å². The van der Waals surface area contributed by atoms with E-state index in [4.69, 9.17) is 16.4 Å². The maximum Gasteiger partial charge on any atom is 0.116 e. The van der Waals surface area contributed by atoms with E-state index in [-0.39, 0.29) is 0 Å². The van der Waals surface area contributed by atoms with Crippen molar-refractivity contribution < 1.29 is 4.79 Å². The maximum absolute atomic E-state index is 8.81. The monoisotopic (exact) mass is 335 g/mol. The minimum absolute atomic E-state index is 0.750. The third-order valence-electron chi connectivity index (χ3n) is 1.72. The second-order valence-corrected chi connectivity index (χ2v) is 5.15. The van der Waals surface area contributed by atoms with Gasteiger partial charge in [0.25, 0.3) is 0 Å². The van der Waals surface area contributed by atoms with Crippen LogP contribution in [0.4, 0.5) is 5.69 Å². The second kappa shape index (κ2) is 11.5. The summed E-state index contributed by atoms with van der Waals surface area (Å²) in [6.07, 6.45) is 2.00. The van der Waals surface area contributed by atoms with Crippen LogP contribution in [0.3, 0.4) is 0 Å². The van der Waals surface area contributed by atoms with Gasteiger partial charge in [0.15, 0.2) is 0 Å². The SMILES string of the molecule is CC=O.CCC.Cc1cc(Cl)c(Br)cc1N(C)C. The Balaban J connectivity index is 0. The molecule has 0 spiro atoms. The van der Waals surface area contributed by atoms with Crippen molar-refractivity contribution in [2.75, 3.05) is 19.0 Å². The van der Waals surface area contributed by atoms with E-state index >= 15 is 0 Å². The number of nitrogens with zero attached hydrogens (tertiary/aromatic N) is 1. The third kappa shape index (κ3) is 8.54. The zero-order chi connectivity index (χ0) is 14.7. The highest BCUT2D eigenvalue weighted by molar-refractivity contribution is 9.10. The topological polar surface area (TPSA) is 20.3 Å². The number of hydrogen-bond donors (Lipinski definition) is 0. The van der Waals surface area contributed by atoms with Crippen LogP contribution in [0.5, 0.6) is 0 Å². The number of aldehydes is 1. The fraction of sp³-hybridized carbons (Fsp3) is 0.500. The molecule has 0 N–H and O–H groups in total. The summed E-state index contributed by atoms with van der Waals surface area (Å²) in [4.78, 5) is 10.9. The molecule has 4 heteroatoms. The predicted octanol–water partition coefficient (Wildman–Crippen LogP) is 5.10. The summed E-state index contributed by atoms with van der Waals surface area (Å²) in [5, 5.41) is 0.762. The molecule has 104 valence electrons. The van der Waals surface area contributed by atoms with Crippen LogP contribution in [-0.4, -0.2) is 20.4 Å². The van der Waals surface area contributed by atoms with Crippen molar-refractivity contribution in [2.45, 2.75) is 34.1 Å². The van der Waals surface area contributed by atoms with E-state index in [0.29, 0.717) is 0 Å². The molecule has 0 fully saturated rings. The van der Waals surface area contributed by atoms with Gasteiger partial charge in [0.2, 0.25) is 0 Å². The number of carbonyl (C=O) groups excluding carboxylic acids is 1. The lowest BCUT2D eigenvalue weighted by Crippen LogP contribution is -2.10. The van der Waals surface area contributed by atoms with Crippen LogP contribution in [0.25, 0.3) is 0 Å². The summed E-state index contributed by atoms with van der Waals surface area (Å²) >= 11 is 9.32. The average molecular weight is 337 g/mol. The molecule has 0 unspecified atom stereocenters. The van der Waals surface area contributed by atoms with Gasteiger partial charge in [0.05, 0.1) is 5.02 Å². The summed E-state index contributed by atoms with van der Waals surface area (Å²) in [6.45, 7) is 7.74. The number of halogens is 2. The minimum atomic E-state index is 0.750. The molecule has 0 aromatic heterocycles. The lowest BCUT2D eigenvalue weighted by molar-refractivity contribution is -0.106. The molecule has 0 amide bonds. The van der Waals surface area contributed by atoms with Gasteiger partial charge in [-0.25, -0.2) is 0 Å². The molecule has 1 rings (SSSR count). The van der Waals surface area contributed by atoms with Crippen molar-refractivity contribution in [2.24, 2.45) is 0 Å². The second-order valence-electron chi connectivity index (χ2n) is 3.89. The van der Waals surface area contributed by atoms with Gasteiger partial charge in [-0.05, 0) is 47.5 Å². The smallest absolute Gasteiger partial charge is 0.116 e. The van der Waals surface area contributed by atoms with Gasteiger partial charge >= 0.3 is 0 Å². The van der Waals surface area contributed by atoms with E-state index in [1.54, 1.807) is 0 Å². The van der Waals surface area contributed by atoms with E-state index < -0.39 is 0 Å². The largest absolute Gasteiger partial charge is 0.377 e. The molecule has 1 aromatic rings. The van der Waals surface area contributed by atoms with Crippen molar-refractivity contribution in [1.82, 2.24) is 0 Å². The van der Waals surface area contributed by atoms with Gasteiger partial charge in [-0.1, -0.05) is 31.9 Å². The van der Waals surface area contributed by atoms with Crippen LogP contribution >= 0.6 is 27.5 Å². The van der Waals surface area contributed by atoms with Crippen molar-refractivity contribution >= 4 is 39.5 Å². The van der Waals surface area contributed by atoms with E-state index in [1.165, 1.54) is 24.6 Å². The Hall–Kier alpha value is -0.540. The predicted molar refractivity (Wildman–Crippen MR) is 85.9 cm³/mol. The van der Waals surface area contributed by atoms with Crippen molar-refractivity contribution in [3.05, 3.63) is 27.2 Å². The van der Waals surface area contributed by atoms with E-state index in [0.717, 1.165) is 15.8 Å². The third-order valence-corrected chi connectivity index (χ3v) is 2.92. The number of hydrogen-bond acceptors (Lipinski definition) is 2. The number of benzene rings is 1. The maximum atomic E-state index is 8.81. The normalized spacial score (nSPS) is 8.44. The summed E-state index contributed by atoms with van der Waals surface area (Å²) in [5.74, 6) is 0. The van der Waals surface area contributed by atoms with Gasteiger partial charge < -0.3 is 9.69 Å². The van der Waals surface area contributed by atoms with Gasteiger partial charge in [-0.15, -0.1) is 0 Å². The van der Waals surface area contributed by atoms with Gasteiger partial charge in [0.1, 0.15) is 6.29 Å². The first-order valence-corrected chi connectivity index (χ1v) is 7.05. The molecular weight excluding hydrogens is 314 g/mol. The molecule has 0 radical (unpaired) electrons. The van der Waals surface area contributed by atoms with Crippen molar-refractivity contribution in [3.8, 4) is 0 Å². The fourth-order valence-corrected chi connectivity index (χ4v) is 1.67. The quantitative estimate of drug-likeness (QED) is 0.665. The zero-order valence-electron chi connectivity index (χ0n) is 12.1. The molecule has 0 saturated heterocycles. The Labute approximate surface area is 124 Å². The Morgan fingerprint density at radius 1 is 1.33 bits per heavy atom. The lowest BCUT2D eigenvalue weighted by Gasteiger charge is -2.16. The van der Waals surface area contributed by atoms with Gasteiger partial charge in [-0.3, -0.25) is 0 Å². The van der Waals surface area contributed by atoms with Gasteiger partial charge in [0, 0.05) is 24.3 Å². The molecule has 0 heterocycles. The molecule has 0 saturated carbocycles. The highest BCUT2D eigenvalue weighted by Gasteiger charge is 2.04. The molecule has 0 aliphatic rings. The fourth-order valence-electron chi connectivity index (χ4n) is 1.12. The molecule has 1 aromatic carbocycles. The van der Waals surface area contributed by atoms with Crippen LogP contribution in [0, 0.1) is 6.92 Å². The van der Waals surface area contributed by atoms with Crippen LogP contribution < -0.4 is 4.90 Å². The van der Waals surface area contributed by atoms with Crippen LogP contribution in [0.15, 0.2) is 16.6 Å². The molecule has 18 heavy (non-hydrogen) atoms. The number of rotatable bonds is 1. The lowest BCUT2D eigenvalue weighted by atomic mass is 10.2. The molecule has 0 atom stereocenters. The van der Waals surface area contributed by atoms with Gasteiger partial charge in [-0.2, -0.15) is 0 Å². The molecular formula is C14H23BrClNO. The Morgan fingerprint density at radius 3 is 2.06 bits per heavy atom. The average Bonchev–Trinajstić information content (AvgIpc) is 2.25. The Kier molecular flexibility index (Phi) is 12.7. The van der Waals surface area contributed by atoms with Crippen LogP contribution in [0.2, 0.25) is 5.02 Å². The van der Waals surface area contributed by atoms with Crippen LogP contribution in [-0.2, 0) is 4.79 Å². The van der Waals surface area contributed by atoms with Crippen molar-refractivity contribution in [3.63, 3.8) is 0 Å². The molecule has 0 aliphatic heterocycles. The highest BCUT2D eigenvalue weighted by Crippen LogP contribution is 2.29. The Bertz CT molecular complexity index is 354. The summed E-state index contributed by atoms with van der Waals surface area (Å²) in [7, 11) is 4.03. The number of anilines is 1. The molecule has 2 nitrogen and oxygen atoms in total. The minimum Gasteiger partial charge on any atom is -0.377 e. The van der Waals surface area contributed by atoms with E-state index in [2.05, 4.69) is 34.7 Å². The summed E-state index contributed by atoms with van der Waals surface area (Å²) in [6, 6.07) is 3.98. The first kappa shape index (κ1) is 19.8. The molecule has 0 bridgehead atoms. The first-order valence-electron chi connectivity index (χ1n) is 5.88. The summed E-state index contributed by atoms with van der Waals surface area (Å²) < 4.78 is 0.943.